The van der Waals surface area contributed by atoms with Crippen molar-refractivity contribution in [2.75, 3.05) is 5.73 Å². The van der Waals surface area contributed by atoms with Crippen molar-refractivity contribution in [2.24, 2.45) is 0 Å². The Morgan fingerprint density at radius 2 is 2.19 bits per heavy atom. The number of nitrogens with two attached hydrogens (primary N) is 1. The van der Waals surface area contributed by atoms with Crippen LogP contribution in [-0.4, -0.2) is 5.78 Å². The van der Waals surface area contributed by atoms with Crippen LogP contribution in [0.3, 0.4) is 0 Å². The maximum atomic E-state index is 11.9. The van der Waals surface area contributed by atoms with Gasteiger partial charge in [0.15, 0.2) is 5.78 Å². The topological polar surface area (TPSA) is 56.2 Å². The maximum Gasteiger partial charge on any atom is 0.167 e. The monoisotopic (exact) mass is 235 g/mol. The van der Waals surface area contributed by atoms with Gasteiger partial charge >= 0.3 is 0 Å². The quantitative estimate of drug-likeness (QED) is 0.657. The molecule has 0 radical (unpaired) electrons. The molecule has 0 unspecified atom stereocenters. The van der Waals surface area contributed by atoms with E-state index in [2.05, 4.69) is 0 Å². The smallest absolute Gasteiger partial charge is 0.167 e. The van der Waals surface area contributed by atoms with E-state index in [1.165, 1.54) is 6.26 Å². The fourth-order valence-corrected chi connectivity index (χ4v) is 1.70. The van der Waals surface area contributed by atoms with Crippen LogP contribution < -0.4 is 5.73 Å². The molecule has 2 rings (SSSR count). The first-order valence-electron chi connectivity index (χ1n) is 4.75. The van der Waals surface area contributed by atoms with Gasteiger partial charge in [-0.15, -0.1) is 0 Å². The van der Waals surface area contributed by atoms with Crippen molar-refractivity contribution in [1.82, 2.24) is 0 Å². The van der Waals surface area contributed by atoms with Crippen LogP contribution in [0.1, 0.15) is 15.9 Å². The molecule has 0 aliphatic rings. The maximum absolute atomic E-state index is 11.9. The van der Waals surface area contributed by atoms with Gasteiger partial charge in [-0.05, 0) is 29.8 Å². The van der Waals surface area contributed by atoms with E-state index >= 15 is 0 Å². The molecule has 0 aliphatic heterocycles. The zero-order valence-electron chi connectivity index (χ0n) is 8.44. The Balaban J connectivity index is 2.21. The number of Topliss-reactive ketones (excluding diaryl/α,β-unsaturated/α-hetero) is 1. The highest BCUT2D eigenvalue weighted by Gasteiger charge is 2.09. The van der Waals surface area contributed by atoms with Crippen LogP contribution in [0.15, 0.2) is 41.2 Å². The van der Waals surface area contributed by atoms with E-state index in [9.17, 15) is 4.79 Å². The number of hydrogen-bond donors (Lipinski definition) is 1. The molecule has 1 aromatic carbocycles. The minimum atomic E-state index is -0.0319. The van der Waals surface area contributed by atoms with Gasteiger partial charge in [-0.25, -0.2) is 0 Å². The van der Waals surface area contributed by atoms with Crippen molar-refractivity contribution in [3.05, 3.63) is 52.9 Å². The van der Waals surface area contributed by atoms with Gasteiger partial charge in [0.1, 0.15) is 0 Å². The predicted molar refractivity (Wildman–Crippen MR) is 62.6 cm³/mol. The number of ketones is 1. The average molecular weight is 236 g/mol. The summed E-state index contributed by atoms with van der Waals surface area (Å²) in [5.74, 6) is -0.0319. The number of carbonyl (C=O) groups excluding carboxylic acids is 1. The summed E-state index contributed by atoms with van der Waals surface area (Å²) in [7, 11) is 0. The van der Waals surface area contributed by atoms with E-state index in [1.54, 1.807) is 30.5 Å². The fraction of sp³-hybridized carbons (Fsp3) is 0.0833. The zero-order chi connectivity index (χ0) is 11.5. The lowest BCUT2D eigenvalue weighted by atomic mass is 10.0. The van der Waals surface area contributed by atoms with Crippen molar-refractivity contribution in [3.63, 3.8) is 0 Å². The van der Waals surface area contributed by atoms with E-state index < -0.39 is 0 Å². The van der Waals surface area contributed by atoms with Gasteiger partial charge in [-0.3, -0.25) is 4.79 Å². The number of hydrogen-bond acceptors (Lipinski definition) is 3. The highest BCUT2D eigenvalue weighted by molar-refractivity contribution is 6.31. The molecule has 0 bridgehead atoms. The predicted octanol–water partition coefficient (Wildman–Crippen LogP) is 2.94. The van der Waals surface area contributed by atoms with Gasteiger partial charge in [0.05, 0.1) is 12.5 Å². The summed E-state index contributed by atoms with van der Waals surface area (Å²) in [6.45, 7) is 0. The van der Waals surface area contributed by atoms with Crippen molar-refractivity contribution in [2.45, 2.75) is 6.42 Å². The van der Waals surface area contributed by atoms with Crippen LogP contribution in [0.25, 0.3) is 0 Å². The van der Waals surface area contributed by atoms with Crippen molar-refractivity contribution >= 4 is 23.1 Å². The number of nitrogen functional groups attached to an aromatic ring is 1. The van der Waals surface area contributed by atoms with E-state index in [0.29, 0.717) is 16.3 Å². The van der Waals surface area contributed by atoms with Gasteiger partial charge in [0.2, 0.25) is 0 Å². The number of anilines is 1. The SMILES string of the molecule is Nc1cc(Cl)cc(C(=O)Cc2ccoc2)c1. The molecular formula is C12H10ClNO2. The molecule has 0 atom stereocenters. The molecule has 0 fully saturated rings. The number of benzene rings is 1. The molecule has 2 aromatic rings. The molecule has 0 amide bonds. The molecule has 2 N–H and O–H groups in total. The Hall–Kier alpha value is -1.74. The number of furan rings is 1. The van der Waals surface area contributed by atoms with Crippen LogP contribution >= 0.6 is 11.6 Å². The largest absolute Gasteiger partial charge is 0.472 e. The Morgan fingerprint density at radius 1 is 1.38 bits per heavy atom. The summed E-state index contributed by atoms with van der Waals surface area (Å²) in [4.78, 5) is 11.9. The second kappa shape index (κ2) is 4.41. The lowest BCUT2D eigenvalue weighted by molar-refractivity contribution is 0.0993. The third-order valence-corrected chi connectivity index (χ3v) is 2.41. The summed E-state index contributed by atoms with van der Waals surface area (Å²) in [6.07, 6.45) is 3.37. The molecule has 82 valence electrons. The Morgan fingerprint density at radius 3 is 2.81 bits per heavy atom. The number of rotatable bonds is 3. The van der Waals surface area contributed by atoms with Gasteiger partial charge in [-0.2, -0.15) is 0 Å². The first-order chi connectivity index (χ1) is 7.65. The first kappa shape index (κ1) is 10.8. The summed E-state index contributed by atoms with van der Waals surface area (Å²) in [5.41, 5.74) is 7.46. The minimum Gasteiger partial charge on any atom is -0.472 e. The Bertz CT molecular complexity index is 485. The average Bonchev–Trinajstić information content (AvgIpc) is 2.68. The van der Waals surface area contributed by atoms with E-state index in [1.807, 2.05) is 0 Å². The second-order valence-electron chi connectivity index (χ2n) is 3.50. The highest BCUT2D eigenvalue weighted by atomic mass is 35.5. The van der Waals surface area contributed by atoms with Crippen LogP contribution in [0.4, 0.5) is 5.69 Å². The van der Waals surface area contributed by atoms with Crippen LogP contribution in [0.2, 0.25) is 5.02 Å². The lowest BCUT2D eigenvalue weighted by Crippen LogP contribution is -2.03. The zero-order valence-corrected chi connectivity index (χ0v) is 9.20. The van der Waals surface area contributed by atoms with Crippen molar-refractivity contribution in [3.8, 4) is 0 Å². The summed E-state index contributed by atoms with van der Waals surface area (Å²) in [6, 6.07) is 6.59. The van der Waals surface area contributed by atoms with E-state index in [4.69, 9.17) is 21.8 Å². The number of carbonyl (C=O) groups is 1. The van der Waals surface area contributed by atoms with Gasteiger partial charge < -0.3 is 10.2 Å². The first-order valence-corrected chi connectivity index (χ1v) is 5.13. The molecule has 0 aliphatic carbocycles. The summed E-state index contributed by atoms with van der Waals surface area (Å²) < 4.78 is 4.90. The fourth-order valence-electron chi connectivity index (χ4n) is 1.45. The summed E-state index contributed by atoms with van der Waals surface area (Å²) in [5, 5.41) is 0.468. The molecule has 1 aromatic heterocycles. The molecule has 0 spiro atoms. The van der Waals surface area contributed by atoms with E-state index in [0.717, 1.165) is 5.56 Å². The molecule has 3 nitrogen and oxygen atoms in total. The second-order valence-corrected chi connectivity index (χ2v) is 3.94. The summed E-state index contributed by atoms with van der Waals surface area (Å²) >= 11 is 5.83. The van der Waals surface area contributed by atoms with Crippen LogP contribution in [0.5, 0.6) is 0 Å². The van der Waals surface area contributed by atoms with Crippen LogP contribution in [-0.2, 0) is 6.42 Å². The number of halogens is 1. The molecule has 4 heteroatoms. The third kappa shape index (κ3) is 2.44. The Labute approximate surface area is 97.8 Å². The van der Waals surface area contributed by atoms with Crippen molar-refractivity contribution in [1.29, 1.82) is 0 Å². The van der Waals surface area contributed by atoms with Gasteiger partial charge in [0, 0.05) is 22.7 Å². The molecule has 1 heterocycles. The lowest BCUT2D eigenvalue weighted by Gasteiger charge is -2.02. The third-order valence-electron chi connectivity index (χ3n) is 2.19. The molecule has 0 saturated carbocycles. The normalized spacial score (nSPS) is 10.3. The van der Waals surface area contributed by atoms with Crippen LogP contribution in [0, 0.1) is 0 Å². The molecule has 16 heavy (non-hydrogen) atoms. The Kier molecular flexibility index (Phi) is 2.97. The molecular weight excluding hydrogens is 226 g/mol. The van der Waals surface area contributed by atoms with Crippen molar-refractivity contribution < 1.29 is 9.21 Å². The standard InChI is InChI=1S/C12H10ClNO2/c13-10-4-9(5-11(14)6-10)12(15)3-8-1-2-16-7-8/h1-2,4-7H,3,14H2. The molecule has 0 saturated heterocycles. The minimum absolute atomic E-state index is 0.0319. The van der Waals surface area contributed by atoms with Gasteiger partial charge in [0.25, 0.3) is 0 Å². The van der Waals surface area contributed by atoms with E-state index in [-0.39, 0.29) is 12.2 Å². The highest BCUT2D eigenvalue weighted by Crippen LogP contribution is 2.18. The van der Waals surface area contributed by atoms with Gasteiger partial charge in [-0.1, -0.05) is 11.6 Å².